The van der Waals surface area contributed by atoms with Gasteiger partial charge in [-0.25, -0.2) is 16.8 Å². The van der Waals surface area contributed by atoms with Gasteiger partial charge in [0.1, 0.15) is 6.54 Å². The second-order valence-electron chi connectivity index (χ2n) is 8.82. The average Bonchev–Trinajstić information content (AvgIpc) is 2.92. The van der Waals surface area contributed by atoms with E-state index in [1.165, 1.54) is 54.6 Å². The van der Waals surface area contributed by atoms with Crippen LogP contribution in [0.5, 0.6) is 0 Å². The molecule has 226 valence electrons. The summed E-state index contributed by atoms with van der Waals surface area (Å²) in [6.45, 7) is -0.701. The van der Waals surface area contributed by atoms with Crippen LogP contribution >= 0.6 is 34.8 Å². The Balaban J connectivity index is 1.54. The molecule has 0 aliphatic heterocycles. The van der Waals surface area contributed by atoms with E-state index in [0.29, 0.717) is 6.07 Å². The largest absolute Gasteiger partial charge is 0.417 e. The second kappa shape index (κ2) is 12.6. The van der Waals surface area contributed by atoms with Gasteiger partial charge in [-0.2, -0.15) is 13.2 Å². The number of halogens is 6. The van der Waals surface area contributed by atoms with Crippen molar-refractivity contribution in [2.24, 2.45) is 0 Å². The van der Waals surface area contributed by atoms with E-state index >= 15 is 0 Å². The van der Waals surface area contributed by atoms with Crippen molar-refractivity contribution < 1.29 is 34.8 Å². The van der Waals surface area contributed by atoms with Crippen molar-refractivity contribution in [1.82, 2.24) is 0 Å². The third-order valence-corrected chi connectivity index (χ3v) is 9.68. The summed E-state index contributed by atoms with van der Waals surface area (Å²) in [5.41, 5.74) is -1.44. The van der Waals surface area contributed by atoms with E-state index in [-0.39, 0.29) is 36.9 Å². The summed E-state index contributed by atoms with van der Waals surface area (Å²) < 4.78 is 94.8. The van der Waals surface area contributed by atoms with E-state index in [9.17, 15) is 34.8 Å². The molecule has 2 N–H and O–H groups in total. The number of carbonyl (C=O) groups excluding carboxylic acids is 1. The smallest absolute Gasteiger partial charge is 0.325 e. The highest BCUT2D eigenvalue weighted by Crippen LogP contribution is 2.36. The van der Waals surface area contributed by atoms with Crippen molar-refractivity contribution in [2.75, 3.05) is 20.9 Å². The van der Waals surface area contributed by atoms with Crippen LogP contribution in [0.15, 0.2) is 101 Å². The van der Waals surface area contributed by atoms with E-state index < -0.39 is 49.3 Å². The molecule has 4 aromatic carbocycles. The molecule has 0 radical (unpaired) electrons. The number of hydrogen-bond acceptors (Lipinski definition) is 5. The molecule has 0 heterocycles. The van der Waals surface area contributed by atoms with Crippen LogP contribution in [-0.4, -0.2) is 29.3 Å². The fraction of sp³-hybridized carbons (Fsp3) is 0.0741. The van der Waals surface area contributed by atoms with Crippen molar-refractivity contribution >= 4 is 77.8 Å². The maximum atomic E-state index is 13.5. The maximum Gasteiger partial charge on any atom is 0.417 e. The van der Waals surface area contributed by atoms with Gasteiger partial charge >= 0.3 is 6.18 Å². The molecule has 0 unspecified atom stereocenters. The van der Waals surface area contributed by atoms with Gasteiger partial charge < -0.3 is 5.32 Å². The average molecular weight is 693 g/mol. The summed E-state index contributed by atoms with van der Waals surface area (Å²) in [7, 11) is -8.59. The van der Waals surface area contributed by atoms with Crippen molar-refractivity contribution in [3.05, 3.63) is 112 Å². The molecule has 16 heteroatoms. The maximum absolute atomic E-state index is 13.5. The van der Waals surface area contributed by atoms with E-state index in [0.717, 1.165) is 28.6 Å². The van der Waals surface area contributed by atoms with Gasteiger partial charge in [-0.1, -0.05) is 53.0 Å². The number of nitrogens with zero attached hydrogens (tertiary/aromatic N) is 1. The standard InChI is InChI=1S/C27H19Cl3F3N3O5S2/c28-17-12-18(29)14-21(13-17)36(43(40,41)23-4-2-1-3-5-23)16-26(37)34-19-6-9-22(10-7-19)42(38,39)35-20-8-11-25(30)24(15-20)27(31,32)33/h1-15,35H,16H2,(H,34,37). The van der Waals surface area contributed by atoms with Crippen molar-refractivity contribution in [1.29, 1.82) is 0 Å². The van der Waals surface area contributed by atoms with Gasteiger partial charge in [0.2, 0.25) is 5.91 Å². The quantitative estimate of drug-likeness (QED) is 0.191. The lowest BCUT2D eigenvalue weighted by atomic mass is 10.2. The predicted octanol–water partition coefficient (Wildman–Crippen LogP) is 7.30. The van der Waals surface area contributed by atoms with Gasteiger partial charge in [0.15, 0.2) is 0 Å². The molecule has 8 nitrogen and oxygen atoms in total. The Labute approximate surface area is 260 Å². The zero-order chi connectivity index (χ0) is 31.6. The first kappa shape index (κ1) is 32.4. The van der Waals surface area contributed by atoms with Gasteiger partial charge in [-0.05, 0) is 72.8 Å². The third kappa shape index (κ3) is 7.92. The summed E-state index contributed by atoms with van der Waals surface area (Å²) in [4.78, 5) is 12.6. The zero-order valence-electron chi connectivity index (χ0n) is 21.4. The fourth-order valence-corrected chi connectivity index (χ4v) is 7.00. The first-order chi connectivity index (χ1) is 20.1. The SMILES string of the molecule is O=C(CN(c1cc(Cl)cc(Cl)c1)S(=O)(=O)c1ccccc1)Nc1ccc(S(=O)(=O)Nc2ccc(Cl)c(C(F)(F)F)c2)cc1. The lowest BCUT2D eigenvalue weighted by molar-refractivity contribution is -0.137. The normalized spacial score (nSPS) is 12.0. The Morgan fingerprint density at radius 2 is 1.33 bits per heavy atom. The minimum Gasteiger partial charge on any atom is -0.325 e. The summed E-state index contributed by atoms with van der Waals surface area (Å²) in [6, 6.07) is 18.6. The molecule has 0 fully saturated rings. The number of carbonyl (C=O) groups is 1. The molecule has 1 amide bonds. The number of sulfonamides is 2. The Morgan fingerprint density at radius 1 is 0.744 bits per heavy atom. The predicted molar refractivity (Wildman–Crippen MR) is 160 cm³/mol. The van der Waals surface area contributed by atoms with Crippen LogP contribution in [0.1, 0.15) is 5.56 Å². The molecule has 0 aromatic heterocycles. The van der Waals surface area contributed by atoms with Crippen molar-refractivity contribution in [2.45, 2.75) is 16.0 Å². The number of hydrogen-bond donors (Lipinski definition) is 2. The molecule has 4 rings (SSSR count). The van der Waals surface area contributed by atoms with E-state index in [1.54, 1.807) is 6.07 Å². The van der Waals surface area contributed by atoms with Gasteiger partial charge in [0.25, 0.3) is 20.0 Å². The van der Waals surface area contributed by atoms with Crippen LogP contribution < -0.4 is 14.3 Å². The molecule has 0 saturated carbocycles. The molecule has 0 atom stereocenters. The first-order valence-corrected chi connectivity index (χ1v) is 16.0. The summed E-state index contributed by atoms with van der Waals surface area (Å²) >= 11 is 17.7. The topological polar surface area (TPSA) is 113 Å². The number of alkyl halides is 3. The minimum absolute atomic E-state index is 0.0277. The van der Waals surface area contributed by atoms with Crippen molar-refractivity contribution in [3.8, 4) is 0 Å². The summed E-state index contributed by atoms with van der Waals surface area (Å²) in [6.07, 6.45) is -4.80. The van der Waals surface area contributed by atoms with Crippen LogP contribution in [0.3, 0.4) is 0 Å². The Bertz CT molecular complexity index is 1860. The fourth-order valence-electron chi connectivity index (χ4n) is 3.79. The highest BCUT2D eigenvalue weighted by molar-refractivity contribution is 7.93. The monoisotopic (exact) mass is 691 g/mol. The van der Waals surface area contributed by atoms with Crippen LogP contribution in [0.4, 0.5) is 30.2 Å². The Hall–Kier alpha value is -3.49. The summed E-state index contributed by atoms with van der Waals surface area (Å²) in [5.74, 6) is -0.787. The van der Waals surface area contributed by atoms with E-state index in [2.05, 4.69) is 10.0 Å². The van der Waals surface area contributed by atoms with E-state index in [4.69, 9.17) is 34.8 Å². The zero-order valence-corrected chi connectivity index (χ0v) is 25.3. The van der Waals surface area contributed by atoms with Crippen molar-refractivity contribution in [3.63, 3.8) is 0 Å². The second-order valence-corrected chi connectivity index (χ2v) is 13.6. The number of anilines is 3. The molecular formula is C27H19Cl3F3N3O5S2. The van der Waals surface area contributed by atoms with Crippen LogP contribution in [0, 0.1) is 0 Å². The van der Waals surface area contributed by atoms with E-state index in [1.807, 2.05) is 0 Å². The summed E-state index contributed by atoms with van der Waals surface area (Å²) in [5, 5.41) is 2.16. The van der Waals surface area contributed by atoms with Crippen LogP contribution in [0.2, 0.25) is 15.1 Å². The molecule has 0 bridgehead atoms. The lowest BCUT2D eigenvalue weighted by Crippen LogP contribution is -2.38. The number of nitrogens with one attached hydrogen (secondary N) is 2. The molecule has 0 spiro atoms. The lowest BCUT2D eigenvalue weighted by Gasteiger charge is -2.24. The highest BCUT2D eigenvalue weighted by Gasteiger charge is 2.34. The van der Waals surface area contributed by atoms with Gasteiger partial charge in [-0.15, -0.1) is 0 Å². The Kier molecular flexibility index (Phi) is 9.52. The Morgan fingerprint density at radius 3 is 1.91 bits per heavy atom. The number of benzene rings is 4. The molecule has 4 aromatic rings. The molecule has 0 aliphatic rings. The first-order valence-electron chi connectivity index (χ1n) is 11.9. The number of amides is 1. The molecule has 0 aliphatic carbocycles. The van der Waals surface area contributed by atoms with Gasteiger partial charge in [-0.3, -0.25) is 13.8 Å². The third-order valence-electron chi connectivity index (χ3n) is 5.73. The minimum atomic E-state index is -4.80. The molecule has 0 saturated heterocycles. The number of rotatable bonds is 9. The van der Waals surface area contributed by atoms with Crippen LogP contribution in [-0.2, 0) is 31.0 Å². The highest BCUT2D eigenvalue weighted by atomic mass is 35.5. The molecule has 43 heavy (non-hydrogen) atoms. The van der Waals surface area contributed by atoms with Gasteiger partial charge in [0.05, 0.1) is 26.1 Å². The van der Waals surface area contributed by atoms with Crippen LogP contribution in [0.25, 0.3) is 0 Å². The van der Waals surface area contributed by atoms with Gasteiger partial charge in [0, 0.05) is 21.4 Å². The molecular weight excluding hydrogens is 674 g/mol.